The first-order valence-corrected chi connectivity index (χ1v) is 4.45. The Morgan fingerprint density at radius 2 is 2.50 bits per heavy atom. The van der Waals surface area contributed by atoms with Crippen LogP contribution in [0.4, 0.5) is 0 Å². The summed E-state index contributed by atoms with van der Waals surface area (Å²) in [5, 5.41) is 2.74. The minimum Gasteiger partial charge on any atom is -0.367 e. The molecule has 66 valence electrons. The fourth-order valence-corrected chi connectivity index (χ4v) is 1.02. The first-order chi connectivity index (χ1) is 5.83. The van der Waals surface area contributed by atoms with Gasteiger partial charge in [0.2, 0.25) is 5.91 Å². The van der Waals surface area contributed by atoms with E-state index in [1.54, 1.807) is 6.20 Å². The van der Waals surface area contributed by atoms with Crippen LogP contribution in [0.2, 0.25) is 0 Å². The number of H-pyrrole nitrogens is 1. The number of hydrogen-bond acceptors (Lipinski definition) is 2. The predicted molar refractivity (Wildman–Crippen MR) is 51.4 cm³/mol. The van der Waals surface area contributed by atoms with E-state index in [2.05, 4.69) is 22.9 Å². The van der Waals surface area contributed by atoms with Gasteiger partial charge in [0.25, 0.3) is 0 Å². The molecule has 0 fully saturated rings. The predicted octanol–water partition coefficient (Wildman–Crippen LogP) is 0.603. The van der Waals surface area contributed by atoms with Gasteiger partial charge in [0.1, 0.15) is 0 Å². The normalized spacial score (nSPS) is 9.75. The van der Waals surface area contributed by atoms with Crippen LogP contribution < -0.4 is 5.32 Å². The summed E-state index contributed by atoms with van der Waals surface area (Å²) in [6.45, 7) is 0.631. The molecule has 0 atom stereocenters. The minimum absolute atomic E-state index is 0.0450. The summed E-state index contributed by atoms with van der Waals surface area (Å²) in [5.41, 5.74) is 1.01. The molecule has 0 radical (unpaired) electrons. The van der Waals surface area contributed by atoms with Crippen molar-refractivity contribution in [2.45, 2.75) is 6.42 Å². The zero-order valence-corrected chi connectivity index (χ0v) is 7.60. The standard InChI is InChI=1S/C8H12N2OS/c11-8(10-3-4-12)5-7-1-2-9-6-7/h1-2,6,9,12H,3-5H2,(H,10,11). The second-order valence-electron chi connectivity index (χ2n) is 2.47. The smallest absolute Gasteiger partial charge is 0.224 e. The Morgan fingerprint density at radius 1 is 1.67 bits per heavy atom. The van der Waals surface area contributed by atoms with Crippen molar-refractivity contribution in [2.24, 2.45) is 0 Å². The van der Waals surface area contributed by atoms with Crippen molar-refractivity contribution < 1.29 is 4.79 Å². The lowest BCUT2D eigenvalue weighted by Gasteiger charge is -2.00. The summed E-state index contributed by atoms with van der Waals surface area (Å²) < 4.78 is 0. The van der Waals surface area contributed by atoms with Crippen molar-refractivity contribution in [3.05, 3.63) is 24.0 Å². The Labute approximate surface area is 77.0 Å². The highest BCUT2D eigenvalue weighted by atomic mass is 32.1. The molecule has 12 heavy (non-hydrogen) atoms. The Bertz CT molecular complexity index is 233. The molecule has 1 rings (SSSR count). The maximum atomic E-state index is 11.1. The van der Waals surface area contributed by atoms with Crippen LogP contribution in [0.25, 0.3) is 0 Å². The maximum absolute atomic E-state index is 11.1. The van der Waals surface area contributed by atoms with Crippen LogP contribution in [-0.2, 0) is 11.2 Å². The Balaban J connectivity index is 2.27. The molecule has 0 unspecified atom stereocenters. The van der Waals surface area contributed by atoms with Crippen molar-refractivity contribution in [1.29, 1.82) is 0 Å². The van der Waals surface area contributed by atoms with Crippen LogP contribution in [0.15, 0.2) is 18.5 Å². The molecule has 1 aromatic rings. The highest BCUT2D eigenvalue weighted by molar-refractivity contribution is 7.80. The van der Waals surface area contributed by atoms with Crippen LogP contribution in [0.3, 0.4) is 0 Å². The summed E-state index contributed by atoms with van der Waals surface area (Å²) in [7, 11) is 0. The monoisotopic (exact) mass is 184 g/mol. The quantitative estimate of drug-likeness (QED) is 0.590. The lowest BCUT2D eigenvalue weighted by Crippen LogP contribution is -2.26. The van der Waals surface area contributed by atoms with Gasteiger partial charge >= 0.3 is 0 Å². The summed E-state index contributed by atoms with van der Waals surface area (Å²) in [6.07, 6.45) is 4.07. The van der Waals surface area contributed by atoms with Crippen molar-refractivity contribution in [1.82, 2.24) is 10.3 Å². The maximum Gasteiger partial charge on any atom is 0.224 e. The molecular weight excluding hydrogens is 172 g/mol. The van der Waals surface area contributed by atoms with Crippen LogP contribution >= 0.6 is 12.6 Å². The number of hydrogen-bond donors (Lipinski definition) is 3. The lowest BCUT2D eigenvalue weighted by molar-refractivity contribution is -0.120. The van der Waals surface area contributed by atoms with Gasteiger partial charge in [-0.1, -0.05) is 0 Å². The fraction of sp³-hybridized carbons (Fsp3) is 0.375. The molecule has 1 heterocycles. The largest absolute Gasteiger partial charge is 0.367 e. The van der Waals surface area contributed by atoms with Gasteiger partial charge in [-0.25, -0.2) is 0 Å². The zero-order chi connectivity index (χ0) is 8.81. The molecule has 0 saturated heterocycles. The third-order valence-corrected chi connectivity index (χ3v) is 1.68. The van der Waals surface area contributed by atoms with Crippen LogP contribution in [0, 0.1) is 0 Å². The number of carbonyl (C=O) groups excluding carboxylic acids is 1. The number of aromatic amines is 1. The molecular formula is C8H12N2OS. The highest BCUT2D eigenvalue weighted by Crippen LogP contribution is 1.96. The van der Waals surface area contributed by atoms with Gasteiger partial charge in [-0.05, 0) is 11.6 Å². The van der Waals surface area contributed by atoms with Crippen molar-refractivity contribution in [3.8, 4) is 0 Å². The summed E-state index contributed by atoms with van der Waals surface area (Å²) in [6, 6.07) is 1.89. The van der Waals surface area contributed by atoms with E-state index in [1.165, 1.54) is 0 Å². The number of thiol groups is 1. The minimum atomic E-state index is 0.0450. The Kier molecular flexibility index (Phi) is 3.73. The van der Waals surface area contributed by atoms with Crippen LogP contribution in [0.5, 0.6) is 0 Å². The van der Waals surface area contributed by atoms with E-state index in [-0.39, 0.29) is 5.91 Å². The van der Waals surface area contributed by atoms with Gasteiger partial charge in [0, 0.05) is 24.7 Å². The molecule has 4 heteroatoms. The molecule has 0 aliphatic rings. The molecule has 1 aromatic heterocycles. The SMILES string of the molecule is O=C(Cc1cc[nH]c1)NCCS. The molecule has 0 bridgehead atoms. The first-order valence-electron chi connectivity index (χ1n) is 3.82. The van der Waals surface area contributed by atoms with Crippen LogP contribution in [0.1, 0.15) is 5.56 Å². The highest BCUT2D eigenvalue weighted by Gasteiger charge is 2.01. The van der Waals surface area contributed by atoms with Crippen molar-refractivity contribution >= 4 is 18.5 Å². The summed E-state index contributed by atoms with van der Waals surface area (Å²) >= 11 is 3.99. The van der Waals surface area contributed by atoms with E-state index >= 15 is 0 Å². The number of nitrogens with one attached hydrogen (secondary N) is 2. The zero-order valence-electron chi connectivity index (χ0n) is 6.71. The lowest BCUT2D eigenvalue weighted by atomic mass is 10.2. The van der Waals surface area contributed by atoms with Crippen LogP contribution in [-0.4, -0.2) is 23.2 Å². The molecule has 0 saturated carbocycles. The molecule has 0 aliphatic heterocycles. The topological polar surface area (TPSA) is 44.9 Å². The number of rotatable bonds is 4. The second-order valence-corrected chi connectivity index (χ2v) is 2.92. The van der Waals surface area contributed by atoms with E-state index in [4.69, 9.17) is 0 Å². The van der Waals surface area contributed by atoms with E-state index in [9.17, 15) is 4.79 Å². The third kappa shape index (κ3) is 3.00. The molecule has 0 aromatic carbocycles. The van der Waals surface area contributed by atoms with Gasteiger partial charge in [-0.3, -0.25) is 4.79 Å². The van der Waals surface area contributed by atoms with Gasteiger partial charge in [0.05, 0.1) is 6.42 Å². The molecule has 0 spiro atoms. The number of aromatic nitrogens is 1. The van der Waals surface area contributed by atoms with Crippen molar-refractivity contribution in [2.75, 3.05) is 12.3 Å². The third-order valence-electron chi connectivity index (χ3n) is 1.46. The summed E-state index contributed by atoms with van der Waals surface area (Å²) in [5.74, 6) is 0.724. The molecule has 3 nitrogen and oxygen atoms in total. The molecule has 0 aliphatic carbocycles. The summed E-state index contributed by atoms with van der Waals surface area (Å²) in [4.78, 5) is 14.0. The van der Waals surface area contributed by atoms with Gasteiger partial charge < -0.3 is 10.3 Å². The molecule has 2 N–H and O–H groups in total. The van der Waals surface area contributed by atoms with E-state index < -0.39 is 0 Å². The number of amides is 1. The van der Waals surface area contributed by atoms with Gasteiger partial charge in [-0.2, -0.15) is 12.6 Å². The van der Waals surface area contributed by atoms with Gasteiger partial charge in [0.15, 0.2) is 0 Å². The van der Waals surface area contributed by atoms with E-state index in [1.807, 2.05) is 12.3 Å². The number of carbonyl (C=O) groups is 1. The van der Waals surface area contributed by atoms with E-state index in [0.29, 0.717) is 18.7 Å². The average Bonchev–Trinajstić information content (AvgIpc) is 2.53. The second kappa shape index (κ2) is 4.87. The fourth-order valence-electron chi connectivity index (χ4n) is 0.912. The molecule has 1 amide bonds. The first kappa shape index (κ1) is 9.19. The Morgan fingerprint density at radius 3 is 3.08 bits per heavy atom. The Hall–Kier alpha value is -0.900. The average molecular weight is 184 g/mol. The van der Waals surface area contributed by atoms with Gasteiger partial charge in [-0.15, -0.1) is 0 Å². The van der Waals surface area contributed by atoms with E-state index in [0.717, 1.165) is 5.56 Å². The van der Waals surface area contributed by atoms with Crippen molar-refractivity contribution in [3.63, 3.8) is 0 Å².